The Kier molecular flexibility index (Phi) is 4.52. The third-order valence-corrected chi connectivity index (χ3v) is 6.08. The van der Waals surface area contributed by atoms with E-state index in [9.17, 15) is 8.42 Å². The summed E-state index contributed by atoms with van der Waals surface area (Å²) in [6, 6.07) is 5.26. The number of aryl methyl sites for hydroxylation is 1. The van der Waals surface area contributed by atoms with Gasteiger partial charge in [0.25, 0.3) is 0 Å². The first kappa shape index (κ1) is 16.2. The van der Waals surface area contributed by atoms with Crippen LogP contribution in [0.2, 0.25) is 0 Å². The van der Waals surface area contributed by atoms with Gasteiger partial charge in [-0.15, -0.1) is 0 Å². The summed E-state index contributed by atoms with van der Waals surface area (Å²) in [5.74, 6) is 0.445. The van der Waals surface area contributed by atoms with E-state index >= 15 is 0 Å². The van der Waals surface area contributed by atoms with Crippen molar-refractivity contribution in [2.75, 3.05) is 33.3 Å². The molecule has 1 aromatic carbocycles. The molecule has 0 saturated carbocycles. The number of hydrogen-bond donors (Lipinski definition) is 1. The van der Waals surface area contributed by atoms with Crippen LogP contribution in [0.1, 0.15) is 12.0 Å². The minimum absolute atomic E-state index is 0.329. The van der Waals surface area contributed by atoms with Crippen LogP contribution in [-0.4, -0.2) is 51.0 Å². The zero-order valence-corrected chi connectivity index (χ0v) is 14.2. The summed E-state index contributed by atoms with van der Waals surface area (Å²) in [6.07, 6.45) is 2.47. The lowest BCUT2D eigenvalue weighted by Crippen LogP contribution is -2.34. The van der Waals surface area contributed by atoms with E-state index in [1.807, 2.05) is 13.0 Å². The quantitative estimate of drug-likeness (QED) is 0.921. The molecule has 23 heavy (non-hydrogen) atoms. The second-order valence-corrected chi connectivity index (χ2v) is 7.54. The molecule has 3 rings (SSSR count). The van der Waals surface area contributed by atoms with Crippen molar-refractivity contribution < 1.29 is 13.2 Å². The third-order valence-electron chi connectivity index (χ3n) is 4.14. The molecule has 7 heteroatoms. The fraction of sp³-hybridized carbons (Fsp3) is 0.438. The highest BCUT2D eigenvalue weighted by Crippen LogP contribution is 2.32. The topological polar surface area (TPSA) is 71.5 Å². The normalized spacial score (nSPS) is 17.1. The number of ether oxygens (including phenoxy) is 1. The summed E-state index contributed by atoms with van der Waals surface area (Å²) in [6.45, 7) is 4.41. The predicted molar refractivity (Wildman–Crippen MR) is 89.3 cm³/mol. The highest BCUT2D eigenvalue weighted by atomic mass is 32.2. The van der Waals surface area contributed by atoms with Crippen molar-refractivity contribution in [1.82, 2.24) is 14.6 Å². The largest absolute Gasteiger partial charge is 0.481 e. The van der Waals surface area contributed by atoms with Crippen LogP contribution >= 0.6 is 0 Å². The van der Waals surface area contributed by atoms with E-state index in [0.717, 1.165) is 23.9 Å². The van der Waals surface area contributed by atoms with Gasteiger partial charge in [-0.05, 0) is 37.6 Å². The molecule has 1 saturated heterocycles. The molecule has 0 amide bonds. The van der Waals surface area contributed by atoms with Crippen molar-refractivity contribution in [2.45, 2.75) is 18.2 Å². The summed E-state index contributed by atoms with van der Waals surface area (Å²) in [5.41, 5.74) is 0.827. The van der Waals surface area contributed by atoms with Crippen LogP contribution in [0, 0.1) is 6.92 Å². The van der Waals surface area contributed by atoms with Gasteiger partial charge in [-0.2, -0.15) is 4.31 Å². The van der Waals surface area contributed by atoms with E-state index in [-0.39, 0.29) is 0 Å². The molecule has 6 nitrogen and oxygen atoms in total. The minimum Gasteiger partial charge on any atom is -0.481 e. The predicted octanol–water partition coefficient (Wildman–Crippen LogP) is 1.54. The molecule has 2 aromatic rings. The number of methoxy groups -OCH3 is 1. The Labute approximate surface area is 136 Å². The summed E-state index contributed by atoms with van der Waals surface area (Å²) >= 11 is 0. The Hall–Kier alpha value is -1.70. The van der Waals surface area contributed by atoms with Gasteiger partial charge >= 0.3 is 0 Å². The van der Waals surface area contributed by atoms with Crippen molar-refractivity contribution in [3.63, 3.8) is 0 Å². The first-order valence-electron chi connectivity index (χ1n) is 7.69. The van der Waals surface area contributed by atoms with E-state index in [1.54, 1.807) is 29.7 Å². The number of sulfonamides is 1. The van der Waals surface area contributed by atoms with E-state index in [2.05, 4.69) is 10.3 Å². The van der Waals surface area contributed by atoms with Crippen molar-refractivity contribution in [2.24, 2.45) is 0 Å². The zero-order valence-electron chi connectivity index (χ0n) is 13.4. The summed E-state index contributed by atoms with van der Waals surface area (Å²) in [7, 11) is -2.01. The number of nitrogens with one attached hydrogen (secondary N) is 1. The Morgan fingerprint density at radius 2 is 2.09 bits per heavy atom. The van der Waals surface area contributed by atoms with Crippen LogP contribution in [0.3, 0.4) is 0 Å². The van der Waals surface area contributed by atoms with Crippen LogP contribution in [0.4, 0.5) is 0 Å². The smallest absolute Gasteiger partial charge is 0.243 e. The van der Waals surface area contributed by atoms with Gasteiger partial charge in [-0.25, -0.2) is 13.4 Å². The molecular formula is C16H21N3O3S. The number of pyridine rings is 1. The van der Waals surface area contributed by atoms with Gasteiger partial charge in [0.15, 0.2) is 0 Å². The van der Waals surface area contributed by atoms with E-state index < -0.39 is 10.0 Å². The van der Waals surface area contributed by atoms with E-state index in [1.165, 1.54) is 0 Å². The maximum atomic E-state index is 13.1. The van der Waals surface area contributed by atoms with Gasteiger partial charge in [0.2, 0.25) is 15.9 Å². The van der Waals surface area contributed by atoms with Crippen LogP contribution in [0.15, 0.2) is 29.3 Å². The van der Waals surface area contributed by atoms with Gasteiger partial charge in [0, 0.05) is 36.6 Å². The van der Waals surface area contributed by atoms with Gasteiger partial charge in [-0.3, -0.25) is 0 Å². The standard InChI is InChI=1S/C16H21N3O3S/c1-12-11-18-16(22-2)13-5-3-6-14(15(12)13)23(20,21)19-9-4-7-17-8-10-19/h3,5-6,11,17H,4,7-10H2,1-2H3. The van der Waals surface area contributed by atoms with Crippen LogP contribution in [-0.2, 0) is 10.0 Å². The number of hydrogen-bond acceptors (Lipinski definition) is 5. The van der Waals surface area contributed by atoms with E-state index in [0.29, 0.717) is 35.8 Å². The van der Waals surface area contributed by atoms with Gasteiger partial charge < -0.3 is 10.1 Å². The maximum Gasteiger partial charge on any atom is 0.243 e. The Morgan fingerprint density at radius 3 is 2.87 bits per heavy atom. The lowest BCUT2D eigenvalue weighted by Gasteiger charge is -2.21. The van der Waals surface area contributed by atoms with Gasteiger partial charge in [0.05, 0.1) is 12.0 Å². The number of rotatable bonds is 3. The second kappa shape index (κ2) is 6.43. The average molecular weight is 335 g/mol. The van der Waals surface area contributed by atoms with Crippen LogP contribution in [0.25, 0.3) is 10.8 Å². The number of nitrogens with zero attached hydrogens (tertiary/aromatic N) is 2. The molecule has 1 fully saturated rings. The molecule has 1 N–H and O–H groups in total. The van der Waals surface area contributed by atoms with Crippen LogP contribution in [0.5, 0.6) is 5.88 Å². The fourth-order valence-corrected chi connectivity index (χ4v) is 4.74. The second-order valence-electron chi connectivity index (χ2n) is 5.64. The fourth-order valence-electron chi connectivity index (χ4n) is 2.98. The van der Waals surface area contributed by atoms with Crippen molar-refractivity contribution >= 4 is 20.8 Å². The Balaban J connectivity index is 2.19. The molecule has 1 aliphatic heterocycles. The number of aromatic nitrogens is 1. The molecule has 0 radical (unpaired) electrons. The minimum atomic E-state index is -3.55. The monoisotopic (exact) mass is 335 g/mol. The molecule has 1 aliphatic rings. The lowest BCUT2D eigenvalue weighted by molar-refractivity contribution is 0.403. The first-order chi connectivity index (χ1) is 11.1. The maximum absolute atomic E-state index is 13.1. The molecule has 0 atom stereocenters. The molecule has 124 valence electrons. The zero-order chi connectivity index (χ0) is 16.4. The lowest BCUT2D eigenvalue weighted by atomic mass is 10.1. The highest BCUT2D eigenvalue weighted by Gasteiger charge is 2.27. The number of benzene rings is 1. The summed E-state index contributed by atoms with van der Waals surface area (Å²) < 4.78 is 33.1. The molecule has 0 aliphatic carbocycles. The van der Waals surface area contributed by atoms with Crippen molar-refractivity contribution in [1.29, 1.82) is 0 Å². The summed E-state index contributed by atoms with van der Waals surface area (Å²) in [5, 5.41) is 4.65. The van der Waals surface area contributed by atoms with Gasteiger partial charge in [-0.1, -0.05) is 6.07 Å². The van der Waals surface area contributed by atoms with Crippen LogP contribution < -0.4 is 10.1 Å². The molecular weight excluding hydrogens is 314 g/mol. The Bertz CT molecular complexity index is 813. The van der Waals surface area contributed by atoms with Crippen molar-refractivity contribution in [3.8, 4) is 5.88 Å². The molecule has 2 heterocycles. The van der Waals surface area contributed by atoms with E-state index in [4.69, 9.17) is 4.74 Å². The SMILES string of the molecule is COc1ncc(C)c2c(S(=O)(=O)N3CCCNCC3)cccc12. The third kappa shape index (κ3) is 2.91. The molecule has 0 spiro atoms. The average Bonchev–Trinajstić information content (AvgIpc) is 2.84. The molecule has 0 bridgehead atoms. The number of fused-ring (bicyclic) bond motifs is 1. The molecule has 1 aromatic heterocycles. The first-order valence-corrected chi connectivity index (χ1v) is 9.13. The molecule has 0 unspecified atom stereocenters. The summed E-state index contributed by atoms with van der Waals surface area (Å²) in [4.78, 5) is 4.56. The van der Waals surface area contributed by atoms with Gasteiger partial charge in [0.1, 0.15) is 0 Å². The Morgan fingerprint density at radius 1 is 1.26 bits per heavy atom. The van der Waals surface area contributed by atoms with Crippen molar-refractivity contribution in [3.05, 3.63) is 30.0 Å². The highest BCUT2D eigenvalue weighted by molar-refractivity contribution is 7.89.